The molecule has 1 rings (SSSR count). The van der Waals surface area contributed by atoms with Crippen molar-refractivity contribution in [3.63, 3.8) is 0 Å². The molecule has 0 aliphatic heterocycles. The molecule has 1 atom stereocenters. The van der Waals surface area contributed by atoms with Crippen LogP contribution in [-0.4, -0.2) is 36.0 Å². The second-order valence-electron chi connectivity index (χ2n) is 4.91. The molecule has 0 unspecified atom stereocenters. The standard InChI is InChI=1S/C15H22ClNO4/c1-5-15(21-10-20-4,17(11(2)3)14(18)19)12-8-6-7-9-13(12)16/h6-9,11H,5,10H2,1-4H3,(H,18,19)/t15-/m0/s1. The number of rotatable bonds is 7. The predicted octanol–water partition coefficient (Wildman–Crippen LogP) is 3.91. The van der Waals surface area contributed by atoms with E-state index in [2.05, 4.69) is 0 Å². The molecule has 5 nitrogen and oxygen atoms in total. The molecule has 1 N–H and O–H groups in total. The molecular formula is C15H22ClNO4. The van der Waals surface area contributed by atoms with E-state index in [9.17, 15) is 9.90 Å². The van der Waals surface area contributed by atoms with E-state index in [0.29, 0.717) is 17.0 Å². The molecule has 0 saturated carbocycles. The molecule has 0 saturated heterocycles. The highest BCUT2D eigenvalue weighted by Gasteiger charge is 2.44. The van der Waals surface area contributed by atoms with Crippen LogP contribution in [0.2, 0.25) is 5.02 Å². The highest BCUT2D eigenvalue weighted by molar-refractivity contribution is 6.31. The maximum Gasteiger partial charge on any atom is 0.410 e. The monoisotopic (exact) mass is 315 g/mol. The quantitative estimate of drug-likeness (QED) is 0.775. The maximum atomic E-state index is 11.8. The van der Waals surface area contributed by atoms with E-state index in [-0.39, 0.29) is 12.8 Å². The van der Waals surface area contributed by atoms with Gasteiger partial charge in [0.2, 0.25) is 0 Å². The first-order valence-electron chi connectivity index (χ1n) is 6.80. The fourth-order valence-corrected chi connectivity index (χ4v) is 2.75. The first kappa shape index (κ1) is 17.8. The summed E-state index contributed by atoms with van der Waals surface area (Å²) < 4.78 is 10.8. The Balaban J connectivity index is 3.46. The zero-order valence-corrected chi connectivity index (χ0v) is 13.6. The molecule has 6 heteroatoms. The van der Waals surface area contributed by atoms with Gasteiger partial charge in [0.05, 0.1) is 0 Å². The Labute approximate surface area is 130 Å². The summed E-state index contributed by atoms with van der Waals surface area (Å²) in [5, 5.41) is 10.1. The van der Waals surface area contributed by atoms with E-state index in [1.165, 1.54) is 12.0 Å². The lowest BCUT2D eigenvalue weighted by atomic mass is 9.96. The predicted molar refractivity (Wildman–Crippen MR) is 81.4 cm³/mol. The average molecular weight is 316 g/mol. The highest BCUT2D eigenvalue weighted by atomic mass is 35.5. The van der Waals surface area contributed by atoms with E-state index in [4.69, 9.17) is 21.1 Å². The molecule has 0 spiro atoms. The molecule has 0 bridgehead atoms. The summed E-state index contributed by atoms with van der Waals surface area (Å²) in [6, 6.07) is 6.82. The molecule has 0 aliphatic carbocycles. The third-order valence-electron chi connectivity index (χ3n) is 3.30. The SMILES string of the molecule is CC[C@](OCOC)(c1ccccc1Cl)N(C(=O)O)C(C)C. The first-order valence-corrected chi connectivity index (χ1v) is 7.18. The van der Waals surface area contributed by atoms with Crippen LogP contribution < -0.4 is 0 Å². The summed E-state index contributed by atoms with van der Waals surface area (Å²) in [5.74, 6) is 0. The van der Waals surface area contributed by atoms with Crippen molar-refractivity contribution in [2.45, 2.75) is 39.0 Å². The Bertz CT molecular complexity index is 480. The van der Waals surface area contributed by atoms with Gasteiger partial charge in [-0.05, 0) is 26.3 Å². The van der Waals surface area contributed by atoms with Crippen molar-refractivity contribution >= 4 is 17.7 Å². The fourth-order valence-electron chi connectivity index (χ4n) is 2.47. The molecule has 1 aromatic carbocycles. The van der Waals surface area contributed by atoms with Crippen molar-refractivity contribution in [1.82, 2.24) is 4.90 Å². The van der Waals surface area contributed by atoms with E-state index in [0.717, 1.165) is 0 Å². The normalized spacial score (nSPS) is 14.0. The number of carbonyl (C=O) groups is 1. The van der Waals surface area contributed by atoms with Gasteiger partial charge in [0.25, 0.3) is 0 Å². The Morgan fingerprint density at radius 2 is 2.05 bits per heavy atom. The molecule has 0 heterocycles. The summed E-state index contributed by atoms with van der Waals surface area (Å²) in [6.07, 6.45) is -0.659. The number of amides is 1. The number of benzene rings is 1. The summed E-state index contributed by atoms with van der Waals surface area (Å²) in [7, 11) is 1.49. The molecule has 0 aliphatic rings. The van der Waals surface area contributed by atoms with E-state index >= 15 is 0 Å². The Morgan fingerprint density at radius 1 is 1.43 bits per heavy atom. The number of carboxylic acid groups (broad SMARTS) is 1. The number of halogens is 1. The maximum absolute atomic E-state index is 11.8. The summed E-state index contributed by atoms with van der Waals surface area (Å²) in [5.41, 5.74) is -0.573. The zero-order chi connectivity index (χ0) is 16.0. The van der Waals surface area contributed by atoms with E-state index in [1.54, 1.807) is 32.0 Å². The van der Waals surface area contributed by atoms with E-state index in [1.807, 2.05) is 13.0 Å². The van der Waals surface area contributed by atoms with Crippen LogP contribution in [0, 0.1) is 0 Å². The molecule has 0 fully saturated rings. The van der Waals surface area contributed by atoms with Crippen molar-refractivity contribution in [1.29, 1.82) is 0 Å². The van der Waals surface area contributed by atoms with Crippen molar-refractivity contribution in [3.05, 3.63) is 34.9 Å². The number of hydrogen-bond donors (Lipinski definition) is 1. The molecule has 118 valence electrons. The second kappa shape index (κ2) is 7.64. The third kappa shape index (κ3) is 3.67. The lowest BCUT2D eigenvalue weighted by Gasteiger charge is -2.44. The van der Waals surface area contributed by atoms with Gasteiger partial charge in [-0.25, -0.2) is 4.79 Å². The van der Waals surface area contributed by atoms with Gasteiger partial charge in [-0.1, -0.05) is 36.7 Å². The Hall–Kier alpha value is -1.30. The summed E-state index contributed by atoms with van der Waals surface area (Å²) >= 11 is 6.28. The fraction of sp³-hybridized carbons (Fsp3) is 0.533. The minimum atomic E-state index is -1.19. The highest BCUT2D eigenvalue weighted by Crippen LogP contribution is 2.39. The molecular weight excluding hydrogens is 294 g/mol. The minimum Gasteiger partial charge on any atom is -0.465 e. The summed E-state index contributed by atoms with van der Waals surface area (Å²) in [6.45, 7) is 5.42. The second-order valence-corrected chi connectivity index (χ2v) is 5.32. The van der Waals surface area contributed by atoms with Crippen LogP contribution in [0.5, 0.6) is 0 Å². The van der Waals surface area contributed by atoms with Gasteiger partial charge in [-0.3, -0.25) is 4.90 Å². The average Bonchev–Trinajstić information content (AvgIpc) is 2.43. The van der Waals surface area contributed by atoms with Crippen molar-refractivity contribution < 1.29 is 19.4 Å². The smallest absolute Gasteiger partial charge is 0.410 e. The van der Waals surface area contributed by atoms with Crippen LogP contribution in [0.25, 0.3) is 0 Å². The topological polar surface area (TPSA) is 59.0 Å². The van der Waals surface area contributed by atoms with Gasteiger partial charge in [0.15, 0.2) is 5.72 Å². The number of methoxy groups -OCH3 is 1. The Morgan fingerprint density at radius 3 is 2.48 bits per heavy atom. The van der Waals surface area contributed by atoms with E-state index < -0.39 is 11.8 Å². The van der Waals surface area contributed by atoms with Crippen LogP contribution >= 0.6 is 11.6 Å². The lowest BCUT2D eigenvalue weighted by molar-refractivity contribution is -0.209. The van der Waals surface area contributed by atoms with Crippen molar-refractivity contribution in [2.75, 3.05) is 13.9 Å². The number of nitrogens with zero attached hydrogens (tertiary/aromatic N) is 1. The van der Waals surface area contributed by atoms with Gasteiger partial charge >= 0.3 is 6.09 Å². The minimum absolute atomic E-state index is 0.0322. The van der Waals surface area contributed by atoms with Crippen molar-refractivity contribution in [2.24, 2.45) is 0 Å². The number of ether oxygens (including phenoxy) is 2. The van der Waals surface area contributed by atoms with Gasteiger partial charge in [0.1, 0.15) is 6.79 Å². The zero-order valence-electron chi connectivity index (χ0n) is 12.8. The molecule has 1 aromatic rings. The van der Waals surface area contributed by atoms with Crippen LogP contribution in [-0.2, 0) is 15.2 Å². The van der Waals surface area contributed by atoms with Crippen LogP contribution in [0.1, 0.15) is 32.8 Å². The van der Waals surface area contributed by atoms with Crippen molar-refractivity contribution in [3.8, 4) is 0 Å². The Kier molecular flexibility index (Phi) is 6.45. The number of hydrogen-bond acceptors (Lipinski definition) is 3. The van der Waals surface area contributed by atoms with Gasteiger partial charge < -0.3 is 14.6 Å². The third-order valence-corrected chi connectivity index (χ3v) is 3.63. The largest absolute Gasteiger partial charge is 0.465 e. The van der Waals surface area contributed by atoms with Crippen LogP contribution in [0.15, 0.2) is 24.3 Å². The van der Waals surface area contributed by atoms with Gasteiger partial charge in [0, 0.05) is 23.7 Å². The van der Waals surface area contributed by atoms with Gasteiger partial charge in [-0.2, -0.15) is 0 Å². The van der Waals surface area contributed by atoms with Gasteiger partial charge in [-0.15, -0.1) is 0 Å². The molecule has 21 heavy (non-hydrogen) atoms. The molecule has 0 aromatic heterocycles. The molecule has 1 amide bonds. The summed E-state index contributed by atoms with van der Waals surface area (Å²) in [4.78, 5) is 13.0. The first-order chi connectivity index (χ1) is 9.90. The molecule has 0 radical (unpaired) electrons. The lowest BCUT2D eigenvalue weighted by Crippen LogP contribution is -2.54. The van der Waals surface area contributed by atoms with Crippen LogP contribution in [0.4, 0.5) is 4.79 Å². The van der Waals surface area contributed by atoms with Crippen LogP contribution in [0.3, 0.4) is 0 Å².